The van der Waals surface area contributed by atoms with Gasteiger partial charge in [0.15, 0.2) is 35.4 Å². The van der Waals surface area contributed by atoms with Crippen LogP contribution in [0.2, 0.25) is 0 Å². The van der Waals surface area contributed by atoms with E-state index in [4.69, 9.17) is 47.0 Å². The minimum Gasteiger partial charge on any atom is -0.507 e. The average molecular weight is 964 g/mol. The van der Waals surface area contributed by atoms with E-state index >= 15 is 0 Å². The molecule has 0 saturated carbocycles. The van der Waals surface area contributed by atoms with Crippen LogP contribution in [0.15, 0.2) is 59.0 Å². The Morgan fingerprint density at radius 2 is 1.26 bits per heavy atom. The summed E-state index contributed by atoms with van der Waals surface area (Å²) in [7, 11) is 2.52. The second-order valence-electron chi connectivity index (χ2n) is 16.0. The molecule has 3 saturated heterocycles. The lowest BCUT2D eigenvalue weighted by Gasteiger charge is -2.42. The van der Waals surface area contributed by atoms with Gasteiger partial charge in [0, 0.05) is 30.3 Å². The van der Waals surface area contributed by atoms with E-state index in [1.54, 1.807) is 0 Å². The molecule has 3 aromatic carbocycles. The summed E-state index contributed by atoms with van der Waals surface area (Å²) in [6.07, 6.45) is -23.3. The quantitative estimate of drug-likeness (QED) is 0.0302. The van der Waals surface area contributed by atoms with Crippen molar-refractivity contribution in [1.82, 2.24) is 0 Å². The molecule has 0 radical (unpaired) electrons. The van der Waals surface area contributed by atoms with Crippen molar-refractivity contribution >= 4 is 23.0 Å². The number of phenolic OH excluding ortho intramolecular Hbond substituents is 4. The third kappa shape index (κ3) is 10.3. The Labute approximate surface area is 384 Å². The van der Waals surface area contributed by atoms with Crippen molar-refractivity contribution in [3.05, 3.63) is 60.2 Å². The number of ether oxygens (including phenoxy) is 9. The molecule has 15 atom stereocenters. The van der Waals surface area contributed by atoms with Crippen molar-refractivity contribution in [3.63, 3.8) is 0 Å². The van der Waals surface area contributed by atoms with Crippen molar-refractivity contribution < 1.29 is 118 Å². The Balaban J connectivity index is 1.14. The summed E-state index contributed by atoms with van der Waals surface area (Å²) < 4.78 is 57.0. The number of aliphatic hydroxyl groups excluding tert-OH is 9. The second kappa shape index (κ2) is 20.8. The van der Waals surface area contributed by atoms with Crippen molar-refractivity contribution in [2.45, 2.75) is 99.0 Å². The van der Waals surface area contributed by atoms with Crippen LogP contribution in [-0.2, 0) is 28.5 Å². The Morgan fingerprint density at radius 1 is 0.662 bits per heavy atom. The number of hydrogen-bond acceptors (Lipinski definition) is 23. The van der Waals surface area contributed by atoms with Crippen molar-refractivity contribution in [3.8, 4) is 57.3 Å². The highest BCUT2D eigenvalue weighted by Crippen LogP contribution is 2.46. The monoisotopic (exact) mass is 963 g/mol. The van der Waals surface area contributed by atoms with E-state index in [-0.39, 0.29) is 51.0 Å². The first-order valence-corrected chi connectivity index (χ1v) is 20.8. The molecule has 0 spiro atoms. The zero-order chi connectivity index (χ0) is 49.3. The number of carbonyl (C=O) groups is 1. The summed E-state index contributed by atoms with van der Waals surface area (Å²) in [6.45, 7) is -0.0491. The van der Waals surface area contributed by atoms with Gasteiger partial charge in [-0.05, 0) is 30.7 Å². The molecule has 7 rings (SSSR count). The smallest absolute Gasteiger partial charge is 0.402 e. The number of hydrogen-bond donors (Lipinski definition) is 13. The Morgan fingerprint density at radius 3 is 1.88 bits per heavy atom. The lowest BCUT2D eigenvalue weighted by molar-refractivity contribution is -0.319. The van der Waals surface area contributed by atoms with Crippen LogP contribution in [0.5, 0.6) is 46.0 Å². The maximum absolute atomic E-state index is 12.6. The van der Waals surface area contributed by atoms with Gasteiger partial charge in [-0.3, -0.25) is 0 Å². The lowest BCUT2D eigenvalue weighted by Crippen LogP contribution is -2.62. The molecular weight excluding hydrogens is 912 g/mol. The second-order valence-corrected chi connectivity index (χ2v) is 16.0. The molecule has 24 nitrogen and oxygen atoms in total. The van der Waals surface area contributed by atoms with Crippen LogP contribution < -0.4 is 18.9 Å². The van der Waals surface area contributed by atoms with E-state index in [2.05, 4.69) is 0 Å². The fourth-order valence-corrected chi connectivity index (χ4v) is 7.63. The van der Waals surface area contributed by atoms with Gasteiger partial charge in [0.2, 0.25) is 24.1 Å². The van der Waals surface area contributed by atoms with Crippen molar-refractivity contribution in [1.29, 1.82) is 0 Å². The SMILES string of the molecule is COc1cc(-c2[o+]c3cc(O)cc(O[C@@H]4O[C@H](CO)[C@@H](O)[C@H](O)[C@H]4O)c3cc2O[C@@H]2O[C@H](CO[C@@H]3O[C@@H](C)[C@H](OC(=O)C=Cc4ccc(O)c(O)c4)[C@@H](O)[C@H]3O)[C@@H](O)[C@H](O)[C@H]2O)cc(OC)c1O. The number of carbonyl (C=O) groups excluding carboxylic acids is 1. The van der Waals surface area contributed by atoms with Crippen LogP contribution in [0.4, 0.5) is 0 Å². The molecule has 0 amide bonds. The van der Waals surface area contributed by atoms with Crippen LogP contribution in [0, 0.1) is 0 Å². The van der Waals surface area contributed by atoms with E-state index < -0.39 is 129 Å². The van der Waals surface area contributed by atoms with E-state index in [1.165, 1.54) is 63.6 Å². The zero-order valence-corrected chi connectivity index (χ0v) is 36.2. The number of fused-ring (bicyclic) bond motifs is 1. The Kier molecular flexibility index (Phi) is 15.3. The van der Waals surface area contributed by atoms with Crippen LogP contribution in [0.25, 0.3) is 28.4 Å². The van der Waals surface area contributed by atoms with E-state index in [9.17, 15) is 71.2 Å². The number of esters is 1. The Bertz CT molecular complexity index is 2420. The van der Waals surface area contributed by atoms with Gasteiger partial charge in [0.1, 0.15) is 77.9 Å². The fraction of sp³-hybridized carbons (Fsp3) is 0.455. The minimum absolute atomic E-state index is 0.0317. The maximum atomic E-state index is 12.6. The van der Waals surface area contributed by atoms with Gasteiger partial charge in [0.05, 0.1) is 45.2 Å². The normalized spacial score (nSPS) is 31.9. The molecule has 68 heavy (non-hydrogen) atoms. The summed E-state index contributed by atoms with van der Waals surface area (Å²) in [5.41, 5.74) is 0.293. The zero-order valence-electron chi connectivity index (χ0n) is 36.2. The van der Waals surface area contributed by atoms with Crippen molar-refractivity contribution in [2.75, 3.05) is 27.4 Å². The first-order chi connectivity index (χ1) is 32.3. The number of rotatable bonds is 14. The highest BCUT2D eigenvalue weighted by molar-refractivity contribution is 5.89. The molecule has 24 heteroatoms. The molecule has 4 aromatic rings. The van der Waals surface area contributed by atoms with Crippen LogP contribution in [0.1, 0.15) is 12.5 Å². The summed E-state index contributed by atoms with van der Waals surface area (Å²) in [4.78, 5) is 12.6. The summed E-state index contributed by atoms with van der Waals surface area (Å²) in [5.74, 6) is -3.60. The average Bonchev–Trinajstić information content (AvgIpc) is 3.32. The summed E-state index contributed by atoms with van der Waals surface area (Å²) in [5, 5.41) is 137. The maximum Gasteiger partial charge on any atom is 0.402 e. The lowest BCUT2D eigenvalue weighted by atomic mass is 9.98. The van der Waals surface area contributed by atoms with E-state index in [1.807, 2.05) is 0 Å². The van der Waals surface area contributed by atoms with Gasteiger partial charge >= 0.3 is 17.3 Å². The van der Waals surface area contributed by atoms with Gasteiger partial charge < -0.3 is 109 Å². The third-order valence-electron chi connectivity index (χ3n) is 11.4. The molecule has 1 aromatic heterocycles. The van der Waals surface area contributed by atoms with Gasteiger partial charge in [-0.1, -0.05) is 6.07 Å². The largest absolute Gasteiger partial charge is 0.507 e. The molecular formula is C44H51O24+. The molecule has 3 fully saturated rings. The summed E-state index contributed by atoms with van der Waals surface area (Å²) >= 11 is 0. The Hall–Kier alpha value is -5.84. The van der Waals surface area contributed by atoms with Gasteiger partial charge in [-0.2, -0.15) is 0 Å². The fourth-order valence-electron chi connectivity index (χ4n) is 7.63. The molecule has 4 heterocycles. The first-order valence-electron chi connectivity index (χ1n) is 20.8. The number of benzene rings is 3. The molecule has 3 aliphatic heterocycles. The van der Waals surface area contributed by atoms with E-state index in [0.717, 1.165) is 18.2 Å². The first kappa shape index (κ1) is 50.0. The highest BCUT2D eigenvalue weighted by Gasteiger charge is 2.50. The number of methoxy groups -OCH3 is 2. The number of phenols is 4. The predicted octanol–water partition coefficient (Wildman–Crippen LogP) is -1.31. The number of aliphatic hydroxyl groups is 9. The van der Waals surface area contributed by atoms with Gasteiger partial charge in [-0.25, -0.2) is 9.21 Å². The molecule has 0 unspecified atom stereocenters. The van der Waals surface area contributed by atoms with Crippen LogP contribution >= 0.6 is 0 Å². The molecule has 0 bridgehead atoms. The topological polar surface area (TPSA) is 374 Å². The summed E-state index contributed by atoms with van der Waals surface area (Å²) in [6, 6.07) is 9.92. The highest BCUT2D eigenvalue weighted by atomic mass is 16.7. The number of aromatic hydroxyl groups is 4. The van der Waals surface area contributed by atoms with Crippen LogP contribution in [0.3, 0.4) is 0 Å². The molecule has 13 N–H and O–H groups in total. The molecule has 3 aliphatic rings. The minimum atomic E-state index is -2.00. The standard InChI is InChI=1S/C44H50O24/c1-16-40(68-30(49)7-5-17-4-6-21(47)22(48)8-17)36(55)39(58)42(62-16)61-15-29-33(52)35(54)38(57)44(67-29)65-27-13-20-23(63-41(27)18-9-25(59-2)31(50)26(10-18)60-3)11-19(46)12-24(20)64-43-37(56)34(53)32(51)28(14-45)66-43/h4-13,16,28-29,32-40,42-45,51-58H,14-15H2,1-3H3,(H3-,46,47,48,49,50)/p+1/t16-,28+,29+,32+,33+,34-,35-,36-,37+,38+,39+,40-,42+,43+,44+/m0/s1. The van der Waals surface area contributed by atoms with E-state index in [0.29, 0.717) is 5.56 Å². The molecule has 0 aliphatic carbocycles. The van der Waals surface area contributed by atoms with Crippen molar-refractivity contribution in [2.24, 2.45) is 0 Å². The van der Waals surface area contributed by atoms with Gasteiger partial charge in [-0.15, -0.1) is 0 Å². The van der Waals surface area contributed by atoms with Gasteiger partial charge in [0.25, 0.3) is 0 Å². The predicted molar refractivity (Wildman–Crippen MR) is 225 cm³/mol. The van der Waals surface area contributed by atoms with Crippen LogP contribution in [-0.4, -0.2) is 192 Å². The third-order valence-corrected chi connectivity index (χ3v) is 11.4. The molecule has 370 valence electrons.